The van der Waals surface area contributed by atoms with Gasteiger partial charge in [-0.3, -0.25) is 4.79 Å². The van der Waals surface area contributed by atoms with Gasteiger partial charge in [0.15, 0.2) is 0 Å². The van der Waals surface area contributed by atoms with Crippen molar-refractivity contribution < 1.29 is 4.79 Å². The molecule has 1 heterocycles. The standard InChI is InChI=1S/C12H10ClNOS/c1-14(10-5-3-2-4-6-10)12(15)11-7-9(13)8-16-11/h2-8H,1H3. The van der Waals surface area contributed by atoms with Crippen LogP contribution in [-0.4, -0.2) is 13.0 Å². The summed E-state index contributed by atoms with van der Waals surface area (Å²) < 4.78 is 0. The Hall–Kier alpha value is -1.32. The zero-order chi connectivity index (χ0) is 11.5. The van der Waals surface area contributed by atoms with Crippen LogP contribution in [0.2, 0.25) is 5.02 Å². The zero-order valence-electron chi connectivity index (χ0n) is 8.68. The van der Waals surface area contributed by atoms with E-state index in [0.29, 0.717) is 9.90 Å². The summed E-state index contributed by atoms with van der Waals surface area (Å²) in [7, 11) is 1.76. The first kappa shape index (κ1) is 11.2. The van der Waals surface area contributed by atoms with Gasteiger partial charge in [-0.1, -0.05) is 29.8 Å². The first-order valence-electron chi connectivity index (χ1n) is 4.75. The van der Waals surface area contributed by atoms with E-state index < -0.39 is 0 Å². The summed E-state index contributed by atoms with van der Waals surface area (Å²) in [6, 6.07) is 11.2. The van der Waals surface area contributed by atoms with Gasteiger partial charge in [0, 0.05) is 18.1 Å². The van der Waals surface area contributed by atoms with Crippen molar-refractivity contribution in [3.8, 4) is 0 Å². The quantitative estimate of drug-likeness (QED) is 0.797. The fourth-order valence-corrected chi connectivity index (χ4v) is 2.41. The molecule has 4 heteroatoms. The number of rotatable bonds is 2. The van der Waals surface area contributed by atoms with Gasteiger partial charge < -0.3 is 4.90 Å². The Balaban J connectivity index is 2.23. The van der Waals surface area contributed by atoms with Gasteiger partial charge in [0.05, 0.1) is 9.90 Å². The third-order valence-corrected chi connectivity index (χ3v) is 3.49. The Kier molecular flexibility index (Phi) is 3.27. The van der Waals surface area contributed by atoms with E-state index in [1.807, 2.05) is 30.3 Å². The van der Waals surface area contributed by atoms with Crippen LogP contribution in [-0.2, 0) is 0 Å². The van der Waals surface area contributed by atoms with E-state index in [1.165, 1.54) is 11.3 Å². The lowest BCUT2D eigenvalue weighted by Gasteiger charge is -2.15. The van der Waals surface area contributed by atoms with E-state index in [1.54, 1.807) is 23.4 Å². The molecule has 0 spiro atoms. The summed E-state index contributed by atoms with van der Waals surface area (Å²) in [5.74, 6) is -0.0388. The van der Waals surface area contributed by atoms with Crippen molar-refractivity contribution in [1.29, 1.82) is 0 Å². The van der Waals surface area contributed by atoms with Gasteiger partial charge in [-0.25, -0.2) is 0 Å². The highest BCUT2D eigenvalue weighted by Crippen LogP contribution is 2.22. The van der Waals surface area contributed by atoms with Crippen LogP contribution in [0.5, 0.6) is 0 Å². The number of amides is 1. The van der Waals surface area contributed by atoms with Gasteiger partial charge in [0.1, 0.15) is 0 Å². The van der Waals surface area contributed by atoms with Gasteiger partial charge in [0.2, 0.25) is 0 Å². The Labute approximate surface area is 103 Å². The molecular weight excluding hydrogens is 242 g/mol. The molecule has 2 nitrogen and oxygen atoms in total. The molecule has 0 aliphatic carbocycles. The molecule has 0 saturated heterocycles. The maximum atomic E-state index is 12.0. The van der Waals surface area contributed by atoms with Crippen LogP contribution < -0.4 is 4.90 Å². The Bertz CT molecular complexity index is 495. The fourth-order valence-electron chi connectivity index (χ4n) is 1.36. The average molecular weight is 252 g/mol. The molecule has 0 saturated carbocycles. The second-order valence-electron chi connectivity index (χ2n) is 3.33. The van der Waals surface area contributed by atoms with E-state index in [4.69, 9.17) is 11.6 Å². The molecule has 0 unspecified atom stereocenters. The summed E-state index contributed by atoms with van der Waals surface area (Å²) in [5, 5.41) is 2.36. The van der Waals surface area contributed by atoms with Gasteiger partial charge in [-0.2, -0.15) is 0 Å². The van der Waals surface area contributed by atoms with Crippen LogP contribution >= 0.6 is 22.9 Å². The Morgan fingerprint density at radius 1 is 1.31 bits per heavy atom. The van der Waals surface area contributed by atoms with Gasteiger partial charge in [-0.05, 0) is 18.2 Å². The minimum absolute atomic E-state index is 0.0388. The number of carbonyl (C=O) groups is 1. The number of nitrogens with zero attached hydrogens (tertiary/aromatic N) is 1. The monoisotopic (exact) mass is 251 g/mol. The molecule has 82 valence electrons. The summed E-state index contributed by atoms with van der Waals surface area (Å²) in [4.78, 5) is 14.3. The predicted molar refractivity (Wildman–Crippen MR) is 68.5 cm³/mol. The van der Waals surface area contributed by atoms with Crippen LogP contribution in [0, 0.1) is 0 Å². The van der Waals surface area contributed by atoms with Crippen LogP contribution in [0.1, 0.15) is 9.67 Å². The topological polar surface area (TPSA) is 20.3 Å². The van der Waals surface area contributed by atoms with E-state index in [0.717, 1.165) is 5.69 Å². The number of para-hydroxylation sites is 1. The Morgan fingerprint density at radius 3 is 2.56 bits per heavy atom. The highest BCUT2D eigenvalue weighted by atomic mass is 35.5. The number of carbonyl (C=O) groups excluding carboxylic acids is 1. The first-order chi connectivity index (χ1) is 7.68. The van der Waals surface area contributed by atoms with Gasteiger partial charge in [0.25, 0.3) is 5.91 Å². The minimum Gasteiger partial charge on any atom is -0.311 e. The van der Waals surface area contributed by atoms with Crippen LogP contribution in [0.25, 0.3) is 0 Å². The van der Waals surface area contributed by atoms with Crippen molar-refractivity contribution in [3.63, 3.8) is 0 Å². The molecule has 16 heavy (non-hydrogen) atoms. The SMILES string of the molecule is CN(C(=O)c1cc(Cl)cs1)c1ccccc1. The second-order valence-corrected chi connectivity index (χ2v) is 4.68. The van der Waals surface area contributed by atoms with Crippen molar-refractivity contribution in [3.05, 3.63) is 51.7 Å². The van der Waals surface area contributed by atoms with E-state index in [9.17, 15) is 4.79 Å². The lowest BCUT2D eigenvalue weighted by atomic mass is 10.3. The number of hydrogen-bond donors (Lipinski definition) is 0. The van der Waals surface area contributed by atoms with Crippen molar-refractivity contribution >= 4 is 34.5 Å². The van der Waals surface area contributed by atoms with Crippen molar-refractivity contribution in [2.75, 3.05) is 11.9 Å². The number of halogens is 1. The van der Waals surface area contributed by atoms with Crippen LogP contribution in [0.15, 0.2) is 41.8 Å². The molecule has 0 bridgehead atoms. The summed E-state index contributed by atoms with van der Waals surface area (Å²) in [5.41, 5.74) is 0.872. The van der Waals surface area contributed by atoms with Gasteiger partial charge >= 0.3 is 0 Å². The number of thiophene rings is 1. The second kappa shape index (κ2) is 4.68. The summed E-state index contributed by atoms with van der Waals surface area (Å²) in [6.07, 6.45) is 0. The average Bonchev–Trinajstić information content (AvgIpc) is 2.75. The Morgan fingerprint density at radius 2 is 2.00 bits per heavy atom. The maximum Gasteiger partial charge on any atom is 0.268 e. The summed E-state index contributed by atoms with van der Waals surface area (Å²) in [6.45, 7) is 0. The highest BCUT2D eigenvalue weighted by molar-refractivity contribution is 7.12. The smallest absolute Gasteiger partial charge is 0.268 e. The largest absolute Gasteiger partial charge is 0.311 e. The minimum atomic E-state index is -0.0388. The van der Waals surface area contributed by atoms with Crippen molar-refractivity contribution in [2.24, 2.45) is 0 Å². The first-order valence-corrected chi connectivity index (χ1v) is 6.01. The maximum absolute atomic E-state index is 12.0. The fraction of sp³-hybridized carbons (Fsp3) is 0.0833. The lowest BCUT2D eigenvalue weighted by molar-refractivity contribution is 0.0997. The zero-order valence-corrected chi connectivity index (χ0v) is 10.3. The number of anilines is 1. The summed E-state index contributed by atoms with van der Waals surface area (Å²) >= 11 is 7.15. The highest BCUT2D eigenvalue weighted by Gasteiger charge is 2.14. The van der Waals surface area contributed by atoms with Crippen molar-refractivity contribution in [1.82, 2.24) is 0 Å². The molecule has 0 N–H and O–H groups in total. The van der Waals surface area contributed by atoms with Gasteiger partial charge in [-0.15, -0.1) is 11.3 Å². The molecule has 1 amide bonds. The lowest BCUT2D eigenvalue weighted by Crippen LogP contribution is -2.25. The predicted octanol–water partition coefficient (Wildman–Crippen LogP) is 3.68. The molecule has 0 aliphatic rings. The molecule has 1 aromatic carbocycles. The third kappa shape index (κ3) is 2.26. The molecule has 0 radical (unpaired) electrons. The number of hydrogen-bond acceptors (Lipinski definition) is 2. The molecule has 0 aliphatic heterocycles. The van der Waals surface area contributed by atoms with E-state index >= 15 is 0 Å². The number of benzene rings is 1. The normalized spacial score (nSPS) is 10.1. The molecule has 2 aromatic rings. The molecular formula is C12H10ClNOS. The molecule has 0 fully saturated rings. The third-order valence-electron chi connectivity index (χ3n) is 2.23. The molecule has 0 atom stereocenters. The molecule has 1 aromatic heterocycles. The van der Waals surface area contributed by atoms with E-state index in [-0.39, 0.29) is 5.91 Å². The van der Waals surface area contributed by atoms with E-state index in [2.05, 4.69) is 0 Å². The van der Waals surface area contributed by atoms with Crippen LogP contribution in [0.3, 0.4) is 0 Å². The molecule has 2 rings (SSSR count). The van der Waals surface area contributed by atoms with Crippen LogP contribution in [0.4, 0.5) is 5.69 Å². The van der Waals surface area contributed by atoms with Crippen molar-refractivity contribution in [2.45, 2.75) is 0 Å².